The van der Waals surface area contributed by atoms with Gasteiger partial charge in [0.25, 0.3) is 0 Å². The van der Waals surface area contributed by atoms with Gasteiger partial charge in [0, 0.05) is 31.7 Å². The van der Waals surface area contributed by atoms with Crippen molar-refractivity contribution in [1.29, 1.82) is 0 Å². The number of carbonyl (C=O) groups excluding carboxylic acids is 1. The van der Waals surface area contributed by atoms with Gasteiger partial charge in [0.2, 0.25) is 0 Å². The summed E-state index contributed by atoms with van der Waals surface area (Å²) in [5, 5.41) is 3.32. The first-order valence-corrected chi connectivity index (χ1v) is 7.72. The Kier molecular flexibility index (Phi) is 5.32. The van der Waals surface area contributed by atoms with Crippen molar-refractivity contribution in [1.82, 2.24) is 10.2 Å². The third kappa shape index (κ3) is 3.47. The van der Waals surface area contributed by atoms with Crippen LogP contribution in [0.25, 0.3) is 0 Å². The second kappa shape index (κ2) is 7.00. The fourth-order valence-corrected chi connectivity index (χ4v) is 2.69. The monoisotopic (exact) mass is 274 g/mol. The third-order valence-corrected chi connectivity index (χ3v) is 4.46. The van der Waals surface area contributed by atoms with Gasteiger partial charge in [-0.05, 0) is 24.8 Å². The second-order valence-corrected chi connectivity index (χ2v) is 5.76. The molecule has 0 spiro atoms. The number of nitrogens with one attached hydrogen (secondary N) is 1. The molecule has 1 heterocycles. The molecule has 0 aliphatic carbocycles. The number of piperazine rings is 1. The number of nitrogens with zero attached hydrogens (tertiary/aromatic N) is 1. The van der Waals surface area contributed by atoms with Gasteiger partial charge in [-0.15, -0.1) is 0 Å². The number of ketones is 1. The molecule has 1 aliphatic heterocycles. The molecular formula is C17H26N2O. The van der Waals surface area contributed by atoms with Gasteiger partial charge in [-0.25, -0.2) is 0 Å². The Morgan fingerprint density at radius 2 is 1.80 bits per heavy atom. The molecule has 1 aromatic carbocycles. The molecule has 1 saturated heterocycles. The molecule has 0 aromatic heterocycles. The zero-order valence-electron chi connectivity index (χ0n) is 12.9. The molecule has 2 atom stereocenters. The highest BCUT2D eigenvalue weighted by atomic mass is 16.1. The van der Waals surface area contributed by atoms with Crippen LogP contribution >= 0.6 is 0 Å². The number of hydrogen-bond acceptors (Lipinski definition) is 3. The van der Waals surface area contributed by atoms with Crippen molar-refractivity contribution in [2.45, 2.75) is 39.2 Å². The number of rotatable bonds is 5. The predicted octanol–water partition coefficient (Wildman–Crippen LogP) is 2.68. The Morgan fingerprint density at radius 3 is 2.35 bits per heavy atom. The highest BCUT2D eigenvalue weighted by molar-refractivity contribution is 5.99. The Labute approximate surface area is 122 Å². The van der Waals surface area contributed by atoms with Crippen LogP contribution in [0.1, 0.15) is 49.0 Å². The average Bonchev–Trinajstić information content (AvgIpc) is 2.53. The lowest BCUT2D eigenvalue weighted by Crippen LogP contribution is -2.50. The van der Waals surface area contributed by atoms with Crippen molar-refractivity contribution in [3.8, 4) is 0 Å². The fraction of sp³-hybridized carbons (Fsp3) is 0.588. The van der Waals surface area contributed by atoms with E-state index in [1.54, 1.807) is 0 Å². The van der Waals surface area contributed by atoms with Crippen molar-refractivity contribution >= 4 is 5.78 Å². The summed E-state index contributed by atoms with van der Waals surface area (Å²) in [5.41, 5.74) is 2.15. The highest BCUT2D eigenvalue weighted by Crippen LogP contribution is 2.20. The van der Waals surface area contributed by atoms with E-state index in [9.17, 15) is 4.79 Å². The van der Waals surface area contributed by atoms with Crippen molar-refractivity contribution in [3.63, 3.8) is 0 Å². The van der Waals surface area contributed by atoms with Crippen molar-refractivity contribution in [2.24, 2.45) is 0 Å². The number of Topliss-reactive ketones (excluding diaryl/α,β-unsaturated/α-hetero) is 1. The van der Waals surface area contributed by atoms with Crippen LogP contribution in [-0.2, 0) is 0 Å². The van der Waals surface area contributed by atoms with Crippen molar-refractivity contribution in [2.75, 3.05) is 26.2 Å². The van der Waals surface area contributed by atoms with Crippen LogP contribution in [0.3, 0.4) is 0 Å². The quantitative estimate of drug-likeness (QED) is 0.838. The molecule has 2 rings (SSSR count). The van der Waals surface area contributed by atoms with Gasteiger partial charge < -0.3 is 5.32 Å². The maximum Gasteiger partial charge on any atom is 0.179 e. The smallest absolute Gasteiger partial charge is 0.179 e. The fourth-order valence-electron chi connectivity index (χ4n) is 2.69. The topological polar surface area (TPSA) is 32.3 Å². The van der Waals surface area contributed by atoms with E-state index < -0.39 is 0 Å². The van der Waals surface area contributed by atoms with Gasteiger partial charge in [0.15, 0.2) is 5.78 Å². The Bertz CT molecular complexity index is 435. The minimum absolute atomic E-state index is 0.0217. The Balaban J connectivity index is 2.04. The lowest BCUT2D eigenvalue weighted by molar-refractivity contribution is 0.0820. The Morgan fingerprint density at radius 1 is 1.20 bits per heavy atom. The highest BCUT2D eigenvalue weighted by Gasteiger charge is 2.23. The molecule has 3 heteroatoms. The first-order valence-electron chi connectivity index (χ1n) is 7.72. The molecule has 0 radical (unpaired) electrons. The van der Waals surface area contributed by atoms with E-state index in [-0.39, 0.29) is 11.8 Å². The van der Waals surface area contributed by atoms with E-state index >= 15 is 0 Å². The summed E-state index contributed by atoms with van der Waals surface area (Å²) < 4.78 is 0. The van der Waals surface area contributed by atoms with Gasteiger partial charge in [0.1, 0.15) is 0 Å². The standard InChI is InChI=1S/C17H26N2O/c1-4-13(2)15-5-7-16(8-6-15)17(20)14(3)19-11-9-18-10-12-19/h5-8,13-14,18H,4,9-12H2,1-3H3. The van der Waals surface area contributed by atoms with E-state index in [0.717, 1.165) is 38.2 Å². The minimum atomic E-state index is -0.0217. The number of carbonyl (C=O) groups is 1. The molecule has 0 amide bonds. The van der Waals surface area contributed by atoms with Crippen LogP contribution < -0.4 is 5.32 Å². The molecule has 1 aromatic rings. The van der Waals surface area contributed by atoms with E-state index in [1.807, 2.05) is 19.1 Å². The molecule has 0 bridgehead atoms. The summed E-state index contributed by atoms with van der Waals surface area (Å²) in [7, 11) is 0. The lowest BCUT2D eigenvalue weighted by Gasteiger charge is -2.31. The average molecular weight is 274 g/mol. The van der Waals surface area contributed by atoms with Gasteiger partial charge in [0.05, 0.1) is 6.04 Å². The maximum absolute atomic E-state index is 12.5. The van der Waals surface area contributed by atoms with Crippen molar-refractivity contribution < 1.29 is 4.79 Å². The molecule has 1 fully saturated rings. The second-order valence-electron chi connectivity index (χ2n) is 5.76. The van der Waals surface area contributed by atoms with Crippen LogP contribution in [0, 0.1) is 0 Å². The predicted molar refractivity (Wildman–Crippen MR) is 83.4 cm³/mol. The van der Waals surface area contributed by atoms with Gasteiger partial charge in [-0.2, -0.15) is 0 Å². The molecule has 3 nitrogen and oxygen atoms in total. The zero-order valence-corrected chi connectivity index (χ0v) is 12.9. The van der Waals surface area contributed by atoms with E-state index in [1.165, 1.54) is 5.56 Å². The molecule has 2 unspecified atom stereocenters. The maximum atomic E-state index is 12.5. The molecule has 110 valence electrons. The SMILES string of the molecule is CCC(C)c1ccc(C(=O)C(C)N2CCNCC2)cc1. The van der Waals surface area contributed by atoms with Gasteiger partial charge in [-0.1, -0.05) is 38.1 Å². The van der Waals surface area contributed by atoms with Crippen LogP contribution in [0.5, 0.6) is 0 Å². The molecule has 20 heavy (non-hydrogen) atoms. The van der Waals surface area contributed by atoms with Gasteiger partial charge >= 0.3 is 0 Å². The number of hydrogen-bond donors (Lipinski definition) is 1. The zero-order chi connectivity index (χ0) is 14.5. The van der Waals surface area contributed by atoms with E-state index in [0.29, 0.717) is 5.92 Å². The Hall–Kier alpha value is -1.19. The number of benzene rings is 1. The van der Waals surface area contributed by atoms with E-state index in [2.05, 4.69) is 36.2 Å². The summed E-state index contributed by atoms with van der Waals surface area (Å²) in [6.45, 7) is 10.3. The van der Waals surface area contributed by atoms with Crippen LogP contribution in [0.4, 0.5) is 0 Å². The summed E-state index contributed by atoms with van der Waals surface area (Å²) in [6.07, 6.45) is 1.13. The molecule has 1 aliphatic rings. The van der Waals surface area contributed by atoms with Crippen molar-refractivity contribution in [3.05, 3.63) is 35.4 Å². The largest absolute Gasteiger partial charge is 0.314 e. The summed E-state index contributed by atoms with van der Waals surface area (Å²) in [6, 6.07) is 8.16. The van der Waals surface area contributed by atoms with Gasteiger partial charge in [-0.3, -0.25) is 9.69 Å². The summed E-state index contributed by atoms with van der Waals surface area (Å²) in [5.74, 6) is 0.798. The third-order valence-electron chi connectivity index (χ3n) is 4.46. The molecule has 0 saturated carbocycles. The lowest BCUT2D eigenvalue weighted by atomic mass is 9.95. The van der Waals surface area contributed by atoms with E-state index in [4.69, 9.17) is 0 Å². The van der Waals surface area contributed by atoms with Crippen LogP contribution in [0.15, 0.2) is 24.3 Å². The minimum Gasteiger partial charge on any atom is -0.314 e. The molecular weight excluding hydrogens is 248 g/mol. The first kappa shape index (κ1) is 15.2. The summed E-state index contributed by atoms with van der Waals surface area (Å²) >= 11 is 0. The van der Waals surface area contributed by atoms with Crippen LogP contribution in [-0.4, -0.2) is 42.9 Å². The first-order chi connectivity index (χ1) is 9.63. The summed E-state index contributed by atoms with van der Waals surface area (Å²) in [4.78, 5) is 14.8. The molecule has 1 N–H and O–H groups in total. The normalized spacial score (nSPS) is 19.6. The van der Waals surface area contributed by atoms with Crippen LogP contribution in [0.2, 0.25) is 0 Å².